The Balaban J connectivity index is 2.90. The summed E-state index contributed by atoms with van der Waals surface area (Å²) in [5.41, 5.74) is 2.92. The van der Waals surface area contributed by atoms with Gasteiger partial charge in [-0.25, -0.2) is 0 Å². The molecule has 96 valence electrons. The number of amides is 1. The monoisotopic (exact) mass is 245 g/mol. The van der Waals surface area contributed by atoms with Gasteiger partial charge in [-0.1, -0.05) is 13.0 Å². The summed E-state index contributed by atoms with van der Waals surface area (Å²) < 4.78 is 0. The first-order valence-electron chi connectivity index (χ1n) is 5.98. The SMILES string of the molecule is CCC(C#N)C(=O)Nc1ccc(C)c(N(C)C)c1. The zero-order valence-corrected chi connectivity index (χ0v) is 11.3. The van der Waals surface area contributed by atoms with Gasteiger partial charge in [0, 0.05) is 25.5 Å². The van der Waals surface area contributed by atoms with E-state index >= 15 is 0 Å². The zero-order chi connectivity index (χ0) is 13.7. The second kappa shape index (κ2) is 6.06. The van der Waals surface area contributed by atoms with E-state index in [4.69, 9.17) is 5.26 Å². The van der Waals surface area contributed by atoms with E-state index in [0.29, 0.717) is 6.42 Å². The number of rotatable bonds is 4. The Kier molecular flexibility index (Phi) is 4.73. The largest absolute Gasteiger partial charge is 0.377 e. The van der Waals surface area contributed by atoms with Crippen LogP contribution in [-0.4, -0.2) is 20.0 Å². The van der Waals surface area contributed by atoms with E-state index in [2.05, 4.69) is 5.32 Å². The molecule has 0 aromatic heterocycles. The first-order chi connectivity index (χ1) is 8.49. The molecule has 4 heteroatoms. The van der Waals surface area contributed by atoms with Crippen LogP contribution in [0.5, 0.6) is 0 Å². The zero-order valence-electron chi connectivity index (χ0n) is 11.3. The fraction of sp³-hybridized carbons (Fsp3) is 0.429. The number of aryl methyl sites for hydroxylation is 1. The maximum atomic E-state index is 11.8. The van der Waals surface area contributed by atoms with E-state index in [-0.39, 0.29) is 5.91 Å². The number of benzene rings is 1. The smallest absolute Gasteiger partial charge is 0.241 e. The number of anilines is 2. The predicted molar refractivity (Wildman–Crippen MR) is 73.5 cm³/mol. The van der Waals surface area contributed by atoms with Crippen molar-refractivity contribution in [2.75, 3.05) is 24.3 Å². The molecule has 0 saturated heterocycles. The van der Waals surface area contributed by atoms with E-state index in [0.717, 1.165) is 16.9 Å². The average Bonchev–Trinajstić information content (AvgIpc) is 2.32. The van der Waals surface area contributed by atoms with E-state index in [1.165, 1.54) is 0 Å². The third kappa shape index (κ3) is 3.24. The Morgan fingerprint density at radius 2 is 2.17 bits per heavy atom. The van der Waals surface area contributed by atoms with Gasteiger partial charge < -0.3 is 10.2 Å². The highest BCUT2D eigenvalue weighted by Gasteiger charge is 2.15. The highest BCUT2D eigenvalue weighted by molar-refractivity contribution is 5.94. The van der Waals surface area contributed by atoms with Crippen molar-refractivity contribution in [2.45, 2.75) is 20.3 Å². The van der Waals surface area contributed by atoms with Crippen molar-refractivity contribution in [3.8, 4) is 6.07 Å². The van der Waals surface area contributed by atoms with Crippen molar-refractivity contribution in [2.24, 2.45) is 5.92 Å². The second-order valence-corrected chi connectivity index (χ2v) is 4.47. The van der Waals surface area contributed by atoms with Gasteiger partial charge in [0.25, 0.3) is 0 Å². The molecule has 1 rings (SSSR count). The lowest BCUT2D eigenvalue weighted by Gasteiger charge is -2.17. The van der Waals surface area contributed by atoms with Crippen LogP contribution in [0.3, 0.4) is 0 Å². The van der Waals surface area contributed by atoms with Crippen LogP contribution >= 0.6 is 0 Å². The van der Waals surface area contributed by atoms with Crippen LogP contribution in [0.15, 0.2) is 18.2 Å². The van der Waals surface area contributed by atoms with Crippen molar-refractivity contribution in [1.82, 2.24) is 0 Å². The Hall–Kier alpha value is -2.02. The number of carbonyl (C=O) groups excluding carboxylic acids is 1. The van der Waals surface area contributed by atoms with Crippen LogP contribution < -0.4 is 10.2 Å². The minimum atomic E-state index is -0.589. The predicted octanol–water partition coefficient (Wildman–Crippen LogP) is 2.55. The molecule has 0 radical (unpaired) electrons. The van der Waals surface area contributed by atoms with Gasteiger partial charge in [0.1, 0.15) is 5.92 Å². The summed E-state index contributed by atoms with van der Waals surface area (Å²) in [6, 6.07) is 7.72. The van der Waals surface area contributed by atoms with Gasteiger partial charge in [-0.2, -0.15) is 5.26 Å². The van der Waals surface area contributed by atoms with Crippen LogP contribution in [0.25, 0.3) is 0 Å². The molecule has 18 heavy (non-hydrogen) atoms. The van der Waals surface area contributed by atoms with Crippen LogP contribution in [0.4, 0.5) is 11.4 Å². The third-order valence-corrected chi connectivity index (χ3v) is 2.84. The maximum absolute atomic E-state index is 11.8. The van der Waals surface area contributed by atoms with Crippen molar-refractivity contribution >= 4 is 17.3 Å². The molecule has 0 saturated carbocycles. The van der Waals surface area contributed by atoms with Gasteiger partial charge in [0.15, 0.2) is 0 Å². The number of nitriles is 1. The maximum Gasteiger partial charge on any atom is 0.241 e. The number of hydrogen-bond acceptors (Lipinski definition) is 3. The quantitative estimate of drug-likeness (QED) is 0.887. The molecule has 1 aromatic carbocycles. The fourth-order valence-electron chi connectivity index (χ4n) is 1.73. The molecule has 0 heterocycles. The first kappa shape index (κ1) is 14.0. The Morgan fingerprint density at radius 1 is 1.50 bits per heavy atom. The Morgan fingerprint density at radius 3 is 2.67 bits per heavy atom. The van der Waals surface area contributed by atoms with Crippen molar-refractivity contribution < 1.29 is 4.79 Å². The van der Waals surface area contributed by atoms with Gasteiger partial charge in [0.05, 0.1) is 6.07 Å². The van der Waals surface area contributed by atoms with Crippen molar-refractivity contribution in [3.05, 3.63) is 23.8 Å². The molecule has 0 aliphatic heterocycles. The molecule has 0 aliphatic rings. The molecule has 0 fully saturated rings. The van der Waals surface area contributed by atoms with E-state index in [1.807, 2.05) is 57.1 Å². The number of nitrogens with one attached hydrogen (secondary N) is 1. The van der Waals surface area contributed by atoms with E-state index in [1.54, 1.807) is 0 Å². The van der Waals surface area contributed by atoms with Crippen LogP contribution in [0.2, 0.25) is 0 Å². The average molecular weight is 245 g/mol. The molecule has 1 amide bonds. The molecule has 0 aliphatic carbocycles. The van der Waals surface area contributed by atoms with Gasteiger partial charge >= 0.3 is 0 Å². The topological polar surface area (TPSA) is 56.1 Å². The number of carbonyl (C=O) groups is 1. The standard InChI is InChI=1S/C14H19N3O/c1-5-11(9-15)14(18)16-12-7-6-10(2)13(8-12)17(3)4/h6-8,11H,5H2,1-4H3,(H,16,18). The number of nitrogens with zero attached hydrogens (tertiary/aromatic N) is 2. The Labute approximate surface area is 108 Å². The summed E-state index contributed by atoms with van der Waals surface area (Å²) in [5.74, 6) is -0.831. The summed E-state index contributed by atoms with van der Waals surface area (Å²) in [7, 11) is 3.91. The fourth-order valence-corrected chi connectivity index (χ4v) is 1.73. The summed E-state index contributed by atoms with van der Waals surface area (Å²) in [6.07, 6.45) is 0.523. The molecule has 0 bridgehead atoms. The highest BCUT2D eigenvalue weighted by atomic mass is 16.1. The number of hydrogen-bond donors (Lipinski definition) is 1. The highest BCUT2D eigenvalue weighted by Crippen LogP contribution is 2.23. The van der Waals surface area contributed by atoms with Crippen LogP contribution in [-0.2, 0) is 4.79 Å². The molecule has 0 spiro atoms. The summed E-state index contributed by atoms with van der Waals surface area (Å²) in [4.78, 5) is 13.8. The van der Waals surface area contributed by atoms with Crippen molar-refractivity contribution in [1.29, 1.82) is 5.26 Å². The van der Waals surface area contributed by atoms with Gasteiger partial charge in [-0.3, -0.25) is 4.79 Å². The summed E-state index contributed by atoms with van der Waals surface area (Å²) in [5, 5.41) is 11.6. The lowest BCUT2D eigenvalue weighted by atomic mass is 10.1. The molecule has 4 nitrogen and oxygen atoms in total. The molecule has 1 unspecified atom stereocenters. The Bertz CT molecular complexity index is 474. The van der Waals surface area contributed by atoms with Crippen LogP contribution in [0, 0.1) is 24.2 Å². The normalized spacial score (nSPS) is 11.5. The third-order valence-electron chi connectivity index (χ3n) is 2.84. The molecule has 1 atom stereocenters. The van der Waals surface area contributed by atoms with Crippen LogP contribution in [0.1, 0.15) is 18.9 Å². The first-order valence-corrected chi connectivity index (χ1v) is 5.98. The lowest BCUT2D eigenvalue weighted by molar-refractivity contribution is -0.118. The van der Waals surface area contributed by atoms with E-state index in [9.17, 15) is 4.79 Å². The minimum absolute atomic E-state index is 0.242. The molecule has 1 N–H and O–H groups in total. The van der Waals surface area contributed by atoms with Gasteiger partial charge in [0.2, 0.25) is 5.91 Å². The van der Waals surface area contributed by atoms with E-state index < -0.39 is 5.92 Å². The minimum Gasteiger partial charge on any atom is -0.377 e. The molecular weight excluding hydrogens is 226 g/mol. The summed E-state index contributed by atoms with van der Waals surface area (Å²) in [6.45, 7) is 3.85. The van der Waals surface area contributed by atoms with Gasteiger partial charge in [-0.15, -0.1) is 0 Å². The second-order valence-electron chi connectivity index (χ2n) is 4.47. The molecule has 1 aromatic rings. The molecular formula is C14H19N3O. The lowest BCUT2D eigenvalue weighted by Crippen LogP contribution is -2.21. The van der Waals surface area contributed by atoms with Crippen molar-refractivity contribution in [3.63, 3.8) is 0 Å². The summed E-state index contributed by atoms with van der Waals surface area (Å²) >= 11 is 0. The van der Waals surface area contributed by atoms with Gasteiger partial charge in [-0.05, 0) is 31.0 Å².